The average molecular weight is 422 g/mol. The number of benzene rings is 1. The van der Waals surface area contributed by atoms with Crippen LogP contribution in [-0.4, -0.2) is 17.3 Å². The van der Waals surface area contributed by atoms with E-state index in [0.717, 1.165) is 35.2 Å². The highest BCUT2D eigenvalue weighted by molar-refractivity contribution is 6.30. The fourth-order valence-corrected chi connectivity index (χ4v) is 3.17. The van der Waals surface area contributed by atoms with Crippen molar-refractivity contribution in [1.29, 1.82) is 0 Å². The minimum Gasteiger partial charge on any atom is -0.398 e. The lowest BCUT2D eigenvalue weighted by molar-refractivity contribution is 0.102. The summed E-state index contributed by atoms with van der Waals surface area (Å²) in [6.45, 7) is 11.9. The summed E-state index contributed by atoms with van der Waals surface area (Å²) in [4.78, 5) is 16.1. The molecule has 30 heavy (non-hydrogen) atoms. The Bertz CT molecular complexity index is 1040. The third-order valence-corrected chi connectivity index (χ3v) is 4.89. The third-order valence-electron chi connectivity index (χ3n) is 4.66. The molecule has 2 aromatic rings. The van der Waals surface area contributed by atoms with E-state index in [9.17, 15) is 4.79 Å². The second-order valence-corrected chi connectivity index (χ2v) is 7.32. The van der Waals surface area contributed by atoms with E-state index in [0.29, 0.717) is 28.5 Å². The second-order valence-electron chi connectivity index (χ2n) is 6.88. The molecule has 1 aromatic heterocycles. The highest BCUT2D eigenvalue weighted by Gasteiger charge is 2.17. The van der Waals surface area contributed by atoms with Gasteiger partial charge in [-0.3, -0.25) is 4.79 Å². The number of nitrogen functional groups attached to an aromatic ring is 1. The number of aryl methyl sites for hydroxylation is 1. The van der Waals surface area contributed by atoms with Crippen molar-refractivity contribution in [2.45, 2.75) is 26.7 Å². The zero-order chi connectivity index (χ0) is 22.1. The van der Waals surface area contributed by atoms with Crippen molar-refractivity contribution in [3.8, 4) is 0 Å². The van der Waals surface area contributed by atoms with Gasteiger partial charge in [0.25, 0.3) is 0 Å². The van der Waals surface area contributed by atoms with Crippen LogP contribution in [0.3, 0.4) is 0 Å². The molecule has 0 spiro atoms. The number of hydrogen-bond acceptors (Lipinski definition) is 3. The Hall–Kier alpha value is -3.20. The predicted molar refractivity (Wildman–Crippen MR) is 128 cm³/mol. The monoisotopic (exact) mass is 421 g/mol. The number of carbonyl (C=O) groups is 1. The predicted octanol–water partition coefficient (Wildman–Crippen LogP) is 6.08. The van der Waals surface area contributed by atoms with Crippen LogP contribution in [0, 0.1) is 6.92 Å². The molecule has 0 aliphatic heterocycles. The van der Waals surface area contributed by atoms with Crippen LogP contribution in [-0.2, 0) is 0 Å². The van der Waals surface area contributed by atoms with Gasteiger partial charge in [0.05, 0.1) is 5.70 Å². The number of aromatic nitrogens is 1. The number of rotatable bonds is 10. The van der Waals surface area contributed by atoms with E-state index in [2.05, 4.69) is 42.2 Å². The molecule has 0 unspecified atom stereocenters. The first kappa shape index (κ1) is 23.1. The Kier molecular flexibility index (Phi) is 8.54. The molecule has 0 atom stereocenters. The van der Waals surface area contributed by atoms with E-state index in [-0.39, 0.29) is 5.78 Å². The van der Waals surface area contributed by atoms with Crippen molar-refractivity contribution in [1.82, 2.24) is 10.3 Å². The van der Waals surface area contributed by atoms with Crippen molar-refractivity contribution in [2.24, 2.45) is 0 Å². The van der Waals surface area contributed by atoms with E-state index in [1.807, 2.05) is 19.1 Å². The van der Waals surface area contributed by atoms with Gasteiger partial charge in [-0.25, -0.2) is 0 Å². The number of Topliss-reactive ketones (excluding diaryl/α,β-unsaturated/α-hetero) is 1. The number of allylic oxidation sites excluding steroid dienone is 4. The van der Waals surface area contributed by atoms with Crippen LogP contribution in [0.2, 0.25) is 5.02 Å². The Morgan fingerprint density at radius 2 is 2.13 bits per heavy atom. The lowest BCUT2D eigenvalue weighted by Crippen LogP contribution is -2.22. The minimum atomic E-state index is -0.171. The first-order valence-electron chi connectivity index (χ1n) is 9.81. The average Bonchev–Trinajstić information content (AvgIpc) is 3.10. The number of aromatic amines is 1. The minimum absolute atomic E-state index is 0.171. The fraction of sp³-hybridized carbons (Fsp3) is 0.200. The molecule has 0 saturated carbocycles. The number of anilines is 1. The quantitative estimate of drug-likeness (QED) is 0.143. The Balaban J connectivity index is 2.21. The fourth-order valence-electron chi connectivity index (χ4n) is 3.00. The number of hydrogen-bond donors (Lipinski definition) is 3. The van der Waals surface area contributed by atoms with Gasteiger partial charge in [-0.05, 0) is 43.2 Å². The van der Waals surface area contributed by atoms with Crippen molar-refractivity contribution in [2.75, 3.05) is 12.3 Å². The molecule has 0 bridgehead atoms. The number of halogens is 1. The second kappa shape index (κ2) is 11.1. The van der Waals surface area contributed by atoms with Gasteiger partial charge in [0.2, 0.25) is 5.78 Å². The number of nitrogens with one attached hydrogen (secondary N) is 2. The lowest BCUT2D eigenvalue weighted by atomic mass is 10.0. The van der Waals surface area contributed by atoms with Crippen molar-refractivity contribution < 1.29 is 4.79 Å². The molecule has 0 radical (unpaired) electrons. The first-order valence-corrected chi connectivity index (χ1v) is 10.2. The van der Waals surface area contributed by atoms with E-state index >= 15 is 0 Å². The number of nitrogens with two attached hydrogens (primary N) is 1. The van der Waals surface area contributed by atoms with Gasteiger partial charge < -0.3 is 16.0 Å². The van der Waals surface area contributed by atoms with Gasteiger partial charge in [-0.1, -0.05) is 56.3 Å². The van der Waals surface area contributed by atoms with E-state index in [1.165, 1.54) is 0 Å². The molecular formula is C25H28ClN3O. The van der Waals surface area contributed by atoms with Crippen LogP contribution in [0.5, 0.6) is 0 Å². The maximum atomic E-state index is 13.0. The highest BCUT2D eigenvalue weighted by atomic mass is 35.5. The SMILES string of the molecule is C=C=C/C=C\c1c(C(=O)C(=C)NC/C(=C/CCC)c2cc(Cl)ccc2N)c[nH]c1C. The molecule has 4 nitrogen and oxygen atoms in total. The van der Waals surface area contributed by atoms with Gasteiger partial charge in [-0.15, -0.1) is 5.73 Å². The number of ketones is 1. The zero-order valence-corrected chi connectivity index (χ0v) is 18.3. The molecule has 0 fully saturated rings. The number of carbonyl (C=O) groups excluding carboxylic acids is 1. The van der Waals surface area contributed by atoms with E-state index < -0.39 is 0 Å². The van der Waals surface area contributed by atoms with Gasteiger partial charge in [0.1, 0.15) is 0 Å². The van der Waals surface area contributed by atoms with Gasteiger partial charge in [0.15, 0.2) is 0 Å². The van der Waals surface area contributed by atoms with Crippen molar-refractivity contribution in [3.63, 3.8) is 0 Å². The Morgan fingerprint density at radius 1 is 1.37 bits per heavy atom. The summed E-state index contributed by atoms with van der Waals surface area (Å²) in [5.74, 6) is -0.171. The summed E-state index contributed by atoms with van der Waals surface area (Å²) in [5, 5.41) is 3.77. The first-order chi connectivity index (χ1) is 14.4. The maximum absolute atomic E-state index is 13.0. The van der Waals surface area contributed by atoms with Crippen LogP contribution in [0.15, 0.2) is 67.2 Å². The Labute approximate surface area is 183 Å². The van der Waals surface area contributed by atoms with Gasteiger partial charge >= 0.3 is 0 Å². The van der Waals surface area contributed by atoms with E-state index in [1.54, 1.807) is 30.5 Å². The number of unbranched alkanes of at least 4 members (excludes halogenated alkanes) is 1. The van der Waals surface area contributed by atoms with Crippen molar-refractivity contribution in [3.05, 3.63) is 94.6 Å². The summed E-state index contributed by atoms with van der Waals surface area (Å²) >= 11 is 6.16. The standard InChI is InChI=1S/C25H28ClN3O/c1-5-7-9-11-21-17(3)29-16-23(21)25(30)18(4)28-15-19(10-8-6-2)22-14-20(26)12-13-24(22)27/h7,9-14,16,28-29H,1,4,6,8,15,27H2,2-3H3/b11-9-,19-10-. The summed E-state index contributed by atoms with van der Waals surface area (Å²) < 4.78 is 0. The molecule has 1 heterocycles. The molecule has 0 amide bonds. The molecule has 0 aliphatic carbocycles. The van der Waals surface area contributed by atoms with Crippen LogP contribution >= 0.6 is 11.6 Å². The highest BCUT2D eigenvalue weighted by Crippen LogP contribution is 2.26. The maximum Gasteiger partial charge on any atom is 0.210 e. The molecule has 4 N–H and O–H groups in total. The van der Waals surface area contributed by atoms with Crippen LogP contribution in [0.4, 0.5) is 5.69 Å². The smallest absolute Gasteiger partial charge is 0.210 e. The summed E-state index contributed by atoms with van der Waals surface area (Å²) in [5.41, 5.74) is 13.9. The molecule has 156 valence electrons. The van der Waals surface area contributed by atoms with Gasteiger partial charge in [-0.2, -0.15) is 0 Å². The summed E-state index contributed by atoms with van der Waals surface area (Å²) in [7, 11) is 0. The van der Waals surface area contributed by atoms with Crippen LogP contribution in [0.25, 0.3) is 11.6 Å². The molecule has 1 aromatic carbocycles. The Morgan fingerprint density at radius 3 is 2.83 bits per heavy atom. The lowest BCUT2D eigenvalue weighted by Gasteiger charge is -2.14. The summed E-state index contributed by atoms with van der Waals surface area (Å²) in [6.07, 6.45) is 11.0. The van der Waals surface area contributed by atoms with Crippen molar-refractivity contribution >= 4 is 34.7 Å². The van der Waals surface area contributed by atoms with Crippen LogP contribution < -0.4 is 11.1 Å². The zero-order valence-electron chi connectivity index (χ0n) is 17.5. The largest absolute Gasteiger partial charge is 0.398 e. The topological polar surface area (TPSA) is 70.9 Å². The third kappa shape index (κ3) is 5.90. The van der Waals surface area contributed by atoms with Gasteiger partial charge in [0, 0.05) is 45.8 Å². The molecule has 2 rings (SSSR count). The number of H-pyrrole nitrogens is 1. The molecule has 0 saturated heterocycles. The van der Waals surface area contributed by atoms with Crippen LogP contribution in [0.1, 0.15) is 46.9 Å². The molecule has 0 aliphatic rings. The summed E-state index contributed by atoms with van der Waals surface area (Å²) in [6, 6.07) is 5.39. The molecular weight excluding hydrogens is 394 g/mol. The molecule has 5 heteroatoms. The normalized spacial score (nSPS) is 11.4. The van der Waals surface area contributed by atoms with E-state index in [4.69, 9.17) is 17.3 Å².